The number of nitrogens with zero attached hydrogens (tertiary/aromatic N) is 1. The van der Waals surface area contributed by atoms with E-state index in [4.69, 9.17) is 8.83 Å². The summed E-state index contributed by atoms with van der Waals surface area (Å²) < 4.78 is 36.3. The van der Waals surface area contributed by atoms with E-state index in [-0.39, 0.29) is 22.3 Å². The van der Waals surface area contributed by atoms with Gasteiger partial charge in [0.05, 0.1) is 16.9 Å². The van der Waals surface area contributed by atoms with E-state index in [0.717, 1.165) is 0 Å². The molecule has 0 atom stereocenters. The van der Waals surface area contributed by atoms with Gasteiger partial charge in [-0.3, -0.25) is 4.79 Å². The van der Waals surface area contributed by atoms with Crippen LogP contribution in [-0.4, -0.2) is 19.3 Å². The van der Waals surface area contributed by atoms with Crippen molar-refractivity contribution < 1.29 is 22.0 Å². The van der Waals surface area contributed by atoms with Gasteiger partial charge in [-0.2, -0.15) is 0 Å². The van der Waals surface area contributed by atoms with Crippen molar-refractivity contribution in [2.24, 2.45) is 0 Å². The number of hydrogen-bond donors (Lipinski definition) is 1. The normalized spacial score (nSPS) is 11.8. The third-order valence-electron chi connectivity index (χ3n) is 4.56. The van der Waals surface area contributed by atoms with Gasteiger partial charge in [0, 0.05) is 17.2 Å². The Bertz CT molecular complexity index is 1300. The minimum absolute atomic E-state index is 0.0439. The molecule has 7 nitrogen and oxygen atoms in total. The van der Waals surface area contributed by atoms with Crippen LogP contribution in [0.25, 0.3) is 11.1 Å². The van der Waals surface area contributed by atoms with Crippen molar-refractivity contribution in [3.8, 4) is 0 Å². The van der Waals surface area contributed by atoms with Crippen LogP contribution in [-0.2, 0) is 15.6 Å². The Kier molecular flexibility index (Phi) is 5.17. The first-order valence-corrected chi connectivity index (χ1v) is 11.0. The fraction of sp³-hybridized carbons (Fsp3) is 0.182. The molecule has 0 aliphatic heterocycles. The number of aromatic nitrogens is 1. The molecule has 4 rings (SSSR count). The topological polar surface area (TPSA) is 102 Å². The Hall–Kier alpha value is -3.39. The highest BCUT2D eigenvalue weighted by Crippen LogP contribution is 2.25. The monoisotopic (exact) mass is 424 g/mol. The van der Waals surface area contributed by atoms with E-state index in [1.165, 1.54) is 24.5 Å². The minimum Gasteiger partial charge on any atom is -0.459 e. The van der Waals surface area contributed by atoms with Crippen molar-refractivity contribution in [3.05, 3.63) is 78.1 Å². The molecule has 0 unspecified atom stereocenters. The third-order valence-corrected chi connectivity index (χ3v) is 6.24. The SMILES string of the molecule is CC(C)c1nc2cc(NC(=O)c3occc3CS(=O)(=O)c3ccccc3)ccc2o1. The Morgan fingerprint density at radius 2 is 1.87 bits per heavy atom. The first-order valence-electron chi connectivity index (χ1n) is 9.39. The molecule has 0 spiro atoms. The molecule has 2 heterocycles. The Balaban J connectivity index is 1.55. The van der Waals surface area contributed by atoms with Gasteiger partial charge in [-0.05, 0) is 36.4 Å². The maximum absolute atomic E-state index is 12.7. The van der Waals surface area contributed by atoms with Crippen LogP contribution in [0.3, 0.4) is 0 Å². The first-order chi connectivity index (χ1) is 14.3. The van der Waals surface area contributed by atoms with Gasteiger partial charge in [-0.25, -0.2) is 13.4 Å². The van der Waals surface area contributed by atoms with Crippen LogP contribution in [0.5, 0.6) is 0 Å². The highest BCUT2D eigenvalue weighted by atomic mass is 32.2. The van der Waals surface area contributed by atoms with Crippen molar-refractivity contribution >= 4 is 32.5 Å². The van der Waals surface area contributed by atoms with Gasteiger partial charge in [0.1, 0.15) is 5.52 Å². The standard InChI is InChI=1S/C22H20N2O5S/c1-14(2)22-24-18-12-16(8-9-19(18)29-22)23-21(25)20-15(10-11-28-20)13-30(26,27)17-6-4-3-5-7-17/h3-12,14H,13H2,1-2H3,(H,23,25). The molecule has 8 heteroatoms. The maximum Gasteiger partial charge on any atom is 0.291 e. The number of carbonyl (C=O) groups excluding carboxylic acids is 1. The maximum atomic E-state index is 12.7. The molecule has 0 bridgehead atoms. The average Bonchev–Trinajstić information content (AvgIpc) is 3.35. The molecule has 0 saturated heterocycles. The average molecular weight is 424 g/mol. The van der Waals surface area contributed by atoms with E-state index < -0.39 is 15.7 Å². The number of furan rings is 1. The molecular formula is C22H20N2O5S. The summed E-state index contributed by atoms with van der Waals surface area (Å²) in [6, 6.07) is 14.7. The van der Waals surface area contributed by atoms with Crippen LogP contribution in [0.15, 0.2) is 74.6 Å². The van der Waals surface area contributed by atoms with E-state index in [1.54, 1.807) is 36.4 Å². The molecular weight excluding hydrogens is 404 g/mol. The van der Waals surface area contributed by atoms with Crippen molar-refractivity contribution in [2.45, 2.75) is 30.4 Å². The zero-order chi connectivity index (χ0) is 21.3. The van der Waals surface area contributed by atoms with E-state index in [0.29, 0.717) is 28.2 Å². The summed E-state index contributed by atoms with van der Waals surface area (Å²) in [7, 11) is -3.61. The molecule has 0 radical (unpaired) electrons. The molecule has 4 aromatic rings. The molecule has 0 aliphatic carbocycles. The Labute approximate surface area is 173 Å². The summed E-state index contributed by atoms with van der Waals surface area (Å²) in [6.07, 6.45) is 1.31. The molecule has 2 aromatic carbocycles. The summed E-state index contributed by atoms with van der Waals surface area (Å²) in [6.45, 7) is 3.96. The lowest BCUT2D eigenvalue weighted by molar-refractivity contribution is 0.0996. The highest BCUT2D eigenvalue weighted by molar-refractivity contribution is 7.90. The third kappa shape index (κ3) is 3.99. The molecule has 154 valence electrons. The number of nitrogens with one attached hydrogen (secondary N) is 1. The molecule has 0 fully saturated rings. The van der Waals surface area contributed by atoms with Crippen LogP contribution in [0, 0.1) is 0 Å². The fourth-order valence-electron chi connectivity index (χ4n) is 3.02. The number of anilines is 1. The summed E-state index contributed by atoms with van der Waals surface area (Å²) in [5, 5.41) is 2.73. The molecule has 0 aliphatic rings. The minimum atomic E-state index is -3.61. The molecule has 30 heavy (non-hydrogen) atoms. The van der Waals surface area contributed by atoms with E-state index >= 15 is 0 Å². The number of oxazole rings is 1. The van der Waals surface area contributed by atoms with Gasteiger partial charge in [-0.1, -0.05) is 32.0 Å². The number of carbonyl (C=O) groups is 1. The number of hydrogen-bond acceptors (Lipinski definition) is 6. The summed E-state index contributed by atoms with van der Waals surface area (Å²) in [4.78, 5) is 17.3. The Morgan fingerprint density at radius 3 is 2.60 bits per heavy atom. The first kappa shape index (κ1) is 19.9. The lowest BCUT2D eigenvalue weighted by Crippen LogP contribution is -2.14. The van der Waals surface area contributed by atoms with E-state index in [1.807, 2.05) is 13.8 Å². The van der Waals surface area contributed by atoms with Crippen molar-refractivity contribution in [1.82, 2.24) is 4.98 Å². The largest absolute Gasteiger partial charge is 0.459 e. The Morgan fingerprint density at radius 1 is 1.10 bits per heavy atom. The smallest absolute Gasteiger partial charge is 0.291 e. The molecule has 1 amide bonds. The quantitative estimate of drug-likeness (QED) is 0.478. The zero-order valence-electron chi connectivity index (χ0n) is 16.5. The van der Waals surface area contributed by atoms with Gasteiger partial charge in [0.25, 0.3) is 5.91 Å². The fourth-order valence-corrected chi connectivity index (χ4v) is 4.40. The molecule has 2 aromatic heterocycles. The molecule has 1 N–H and O–H groups in total. The zero-order valence-corrected chi connectivity index (χ0v) is 17.3. The number of sulfone groups is 1. The van der Waals surface area contributed by atoms with Crippen LogP contribution < -0.4 is 5.32 Å². The number of fused-ring (bicyclic) bond motifs is 1. The second-order valence-corrected chi connectivity index (χ2v) is 9.18. The number of amides is 1. The predicted octanol–water partition coefficient (Wildman–Crippen LogP) is 4.77. The van der Waals surface area contributed by atoms with Crippen LogP contribution in [0.2, 0.25) is 0 Å². The van der Waals surface area contributed by atoms with E-state index in [9.17, 15) is 13.2 Å². The number of benzene rings is 2. The van der Waals surface area contributed by atoms with Gasteiger partial charge in [0.15, 0.2) is 27.1 Å². The second-order valence-electron chi connectivity index (χ2n) is 7.19. The summed E-state index contributed by atoms with van der Waals surface area (Å²) >= 11 is 0. The molecule has 0 saturated carbocycles. The van der Waals surface area contributed by atoms with Gasteiger partial charge in [-0.15, -0.1) is 0 Å². The highest BCUT2D eigenvalue weighted by Gasteiger charge is 2.23. The predicted molar refractivity (Wildman–Crippen MR) is 112 cm³/mol. The second kappa shape index (κ2) is 7.79. The van der Waals surface area contributed by atoms with Crippen molar-refractivity contribution in [2.75, 3.05) is 5.32 Å². The van der Waals surface area contributed by atoms with Crippen LogP contribution >= 0.6 is 0 Å². The van der Waals surface area contributed by atoms with Crippen LogP contribution in [0.4, 0.5) is 5.69 Å². The van der Waals surface area contributed by atoms with Gasteiger partial charge >= 0.3 is 0 Å². The van der Waals surface area contributed by atoms with Crippen molar-refractivity contribution in [1.29, 1.82) is 0 Å². The van der Waals surface area contributed by atoms with E-state index in [2.05, 4.69) is 10.3 Å². The van der Waals surface area contributed by atoms with Gasteiger partial charge < -0.3 is 14.2 Å². The number of rotatable bonds is 6. The lowest BCUT2D eigenvalue weighted by Gasteiger charge is -2.06. The van der Waals surface area contributed by atoms with Crippen molar-refractivity contribution in [3.63, 3.8) is 0 Å². The summed E-state index contributed by atoms with van der Waals surface area (Å²) in [5.74, 6) is -0.153. The van der Waals surface area contributed by atoms with Crippen LogP contribution in [0.1, 0.15) is 41.8 Å². The summed E-state index contributed by atoms with van der Waals surface area (Å²) in [5.41, 5.74) is 2.05. The lowest BCUT2D eigenvalue weighted by atomic mass is 10.2. The van der Waals surface area contributed by atoms with Gasteiger partial charge in [0.2, 0.25) is 0 Å².